The lowest BCUT2D eigenvalue weighted by atomic mass is 10.1. The molecular formula is C13H15ClINO3. The number of benzene rings is 1. The number of hydrogen-bond acceptors (Lipinski definition) is 2. The Labute approximate surface area is 130 Å². The highest BCUT2D eigenvalue weighted by molar-refractivity contribution is 14.1. The summed E-state index contributed by atoms with van der Waals surface area (Å²) in [5.41, 5.74) is 0.410. The summed E-state index contributed by atoms with van der Waals surface area (Å²) in [6, 6.07) is 4.97. The largest absolute Gasteiger partial charge is 0.480 e. The van der Waals surface area contributed by atoms with Crippen molar-refractivity contribution < 1.29 is 14.7 Å². The molecule has 0 saturated carbocycles. The molecule has 0 aromatic heterocycles. The Bertz CT molecular complexity index is 491. The van der Waals surface area contributed by atoms with Crippen molar-refractivity contribution in [2.75, 3.05) is 13.1 Å². The summed E-state index contributed by atoms with van der Waals surface area (Å²) < 4.78 is 0.851. The summed E-state index contributed by atoms with van der Waals surface area (Å²) in [6.45, 7) is 3.96. The minimum Gasteiger partial charge on any atom is -0.480 e. The number of amides is 1. The molecule has 0 unspecified atom stereocenters. The zero-order valence-electron chi connectivity index (χ0n) is 10.7. The molecule has 0 spiro atoms. The van der Waals surface area contributed by atoms with E-state index in [1.807, 2.05) is 13.8 Å². The number of carboxylic acids is 1. The van der Waals surface area contributed by atoms with E-state index in [1.54, 1.807) is 18.2 Å². The van der Waals surface area contributed by atoms with Crippen molar-refractivity contribution >= 4 is 46.1 Å². The van der Waals surface area contributed by atoms with Gasteiger partial charge in [-0.15, -0.1) is 0 Å². The van der Waals surface area contributed by atoms with Gasteiger partial charge in [-0.3, -0.25) is 9.59 Å². The Balaban J connectivity index is 2.97. The second-order valence-corrected chi connectivity index (χ2v) is 6.17. The number of rotatable bonds is 5. The van der Waals surface area contributed by atoms with E-state index in [4.69, 9.17) is 16.7 Å². The molecule has 0 bridgehead atoms. The first-order chi connectivity index (χ1) is 8.81. The first-order valence-corrected chi connectivity index (χ1v) is 7.23. The van der Waals surface area contributed by atoms with E-state index in [2.05, 4.69) is 22.6 Å². The molecule has 0 saturated heterocycles. The van der Waals surface area contributed by atoms with Crippen LogP contribution in [0, 0.1) is 9.49 Å². The molecule has 1 amide bonds. The molecule has 0 heterocycles. The maximum absolute atomic E-state index is 12.3. The summed E-state index contributed by atoms with van der Waals surface area (Å²) in [5, 5.41) is 9.36. The molecule has 1 N–H and O–H groups in total. The first-order valence-electron chi connectivity index (χ1n) is 5.77. The topological polar surface area (TPSA) is 57.6 Å². The third-order valence-electron chi connectivity index (χ3n) is 2.37. The predicted molar refractivity (Wildman–Crippen MR) is 82.5 cm³/mol. The van der Waals surface area contributed by atoms with Crippen molar-refractivity contribution in [3.63, 3.8) is 0 Å². The molecule has 6 heteroatoms. The molecule has 0 radical (unpaired) electrons. The van der Waals surface area contributed by atoms with Crippen LogP contribution in [0.1, 0.15) is 24.2 Å². The Kier molecular flexibility index (Phi) is 6.06. The minimum absolute atomic E-state index is 0.197. The second-order valence-electron chi connectivity index (χ2n) is 4.60. The Morgan fingerprint density at radius 3 is 2.53 bits per heavy atom. The van der Waals surface area contributed by atoms with Crippen LogP contribution in [0.3, 0.4) is 0 Å². The standard InChI is InChI=1S/C13H15ClINO3/c1-8(2)6-16(7-12(17)18)13(19)9-3-4-11(15)10(14)5-9/h3-5,8H,6-7H2,1-2H3,(H,17,18). The van der Waals surface area contributed by atoms with Crippen LogP contribution < -0.4 is 0 Å². The van der Waals surface area contributed by atoms with E-state index in [0.29, 0.717) is 17.1 Å². The lowest BCUT2D eigenvalue weighted by Crippen LogP contribution is -2.38. The molecule has 0 aliphatic carbocycles. The van der Waals surface area contributed by atoms with Crippen molar-refractivity contribution in [3.05, 3.63) is 32.4 Å². The second kappa shape index (κ2) is 7.09. The molecule has 4 nitrogen and oxygen atoms in total. The molecule has 1 aromatic rings. The number of hydrogen-bond donors (Lipinski definition) is 1. The van der Waals surface area contributed by atoms with Crippen LogP contribution in [0.5, 0.6) is 0 Å². The average molecular weight is 396 g/mol. The van der Waals surface area contributed by atoms with Gasteiger partial charge in [0.1, 0.15) is 6.54 Å². The number of aliphatic carboxylic acids is 1. The predicted octanol–water partition coefficient (Wildman–Crippen LogP) is 3.13. The van der Waals surface area contributed by atoms with Crippen molar-refractivity contribution in [2.24, 2.45) is 5.92 Å². The lowest BCUT2D eigenvalue weighted by molar-refractivity contribution is -0.137. The third kappa shape index (κ3) is 4.99. The molecular weight excluding hydrogens is 381 g/mol. The summed E-state index contributed by atoms with van der Waals surface area (Å²) in [6.07, 6.45) is 0. The summed E-state index contributed by atoms with van der Waals surface area (Å²) in [4.78, 5) is 24.4. The molecule has 0 atom stereocenters. The van der Waals surface area contributed by atoms with Crippen LogP contribution >= 0.6 is 34.2 Å². The van der Waals surface area contributed by atoms with Gasteiger partial charge >= 0.3 is 5.97 Å². The van der Waals surface area contributed by atoms with Gasteiger partial charge in [0.05, 0.1) is 5.02 Å². The minimum atomic E-state index is -1.02. The fourth-order valence-corrected chi connectivity index (χ4v) is 2.15. The average Bonchev–Trinajstić information content (AvgIpc) is 2.29. The summed E-state index contributed by atoms with van der Waals surface area (Å²) in [5.74, 6) is -1.14. The molecule has 0 aliphatic rings. The van der Waals surface area contributed by atoms with Gasteiger partial charge in [0.15, 0.2) is 0 Å². The molecule has 0 aliphatic heterocycles. The van der Waals surface area contributed by atoms with E-state index in [-0.39, 0.29) is 18.4 Å². The molecule has 19 heavy (non-hydrogen) atoms. The lowest BCUT2D eigenvalue weighted by Gasteiger charge is -2.23. The Hall–Kier alpha value is -0.820. The van der Waals surface area contributed by atoms with Gasteiger partial charge in [0.25, 0.3) is 5.91 Å². The van der Waals surface area contributed by atoms with Crippen molar-refractivity contribution in [2.45, 2.75) is 13.8 Å². The molecule has 1 aromatic carbocycles. The maximum Gasteiger partial charge on any atom is 0.323 e. The highest BCUT2D eigenvalue weighted by Crippen LogP contribution is 2.20. The zero-order valence-corrected chi connectivity index (χ0v) is 13.6. The number of nitrogens with zero attached hydrogens (tertiary/aromatic N) is 1. The highest BCUT2D eigenvalue weighted by atomic mass is 127. The maximum atomic E-state index is 12.3. The van der Waals surface area contributed by atoms with Crippen LogP contribution in [-0.2, 0) is 4.79 Å². The summed E-state index contributed by atoms with van der Waals surface area (Å²) in [7, 11) is 0. The molecule has 0 fully saturated rings. The third-order valence-corrected chi connectivity index (χ3v) is 3.94. The Morgan fingerprint density at radius 1 is 1.42 bits per heavy atom. The SMILES string of the molecule is CC(C)CN(CC(=O)O)C(=O)c1ccc(I)c(Cl)c1. The monoisotopic (exact) mass is 395 g/mol. The number of halogens is 2. The van der Waals surface area contributed by atoms with Crippen molar-refractivity contribution in [1.82, 2.24) is 4.90 Å². The van der Waals surface area contributed by atoms with Crippen LogP contribution in [0.2, 0.25) is 5.02 Å². The number of carbonyl (C=O) groups is 2. The number of carboxylic acid groups (broad SMARTS) is 1. The van der Waals surface area contributed by atoms with E-state index < -0.39 is 5.97 Å². The molecule has 104 valence electrons. The number of carbonyl (C=O) groups excluding carboxylic acids is 1. The zero-order chi connectivity index (χ0) is 14.6. The smallest absolute Gasteiger partial charge is 0.323 e. The molecule has 1 rings (SSSR count). The quantitative estimate of drug-likeness (QED) is 0.779. The van der Waals surface area contributed by atoms with Gasteiger partial charge in [-0.1, -0.05) is 25.4 Å². The van der Waals surface area contributed by atoms with Crippen molar-refractivity contribution in [1.29, 1.82) is 0 Å². The fraction of sp³-hybridized carbons (Fsp3) is 0.385. The van der Waals surface area contributed by atoms with Gasteiger partial charge in [-0.05, 0) is 46.7 Å². The van der Waals surface area contributed by atoms with Crippen LogP contribution in [0.15, 0.2) is 18.2 Å². The van der Waals surface area contributed by atoms with Crippen molar-refractivity contribution in [3.8, 4) is 0 Å². The van der Waals surface area contributed by atoms with E-state index in [0.717, 1.165) is 3.57 Å². The van der Waals surface area contributed by atoms with Gasteiger partial charge in [0, 0.05) is 15.7 Å². The Morgan fingerprint density at radius 2 is 2.05 bits per heavy atom. The van der Waals surface area contributed by atoms with Gasteiger partial charge in [-0.2, -0.15) is 0 Å². The van der Waals surface area contributed by atoms with E-state index in [9.17, 15) is 9.59 Å². The summed E-state index contributed by atoms with van der Waals surface area (Å²) >= 11 is 8.05. The van der Waals surface area contributed by atoms with E-state index >= 15 is 0 Å². The normalized spacial score (nSPS) is 10.6. The highest BCUT2D eigenvalue weighted by Gasteiger charge is 2.20. The van der Waals surface area contributed by atoms with Crippen LogP contribution in [0.25, 0.3) is 0 Å². The van der Waals surface area contributed by atoms with Gasteiger partial charge in [0.2, 0.25) is 0 Å². The first kappa shape index (κ1) is 16.2. The van der Waals surface area contributed by atoms with Gasteiger partial charge in [-0.25, -0.2) is 0 Å². The van der Waals surface area contributed by atoms with E-state index in [1.165, 1.54) is 4.90 Å². The van der Waals surface area contributed by atoms with Gasteiger partial charge < -0.3 is 10.0 Å². The van der Waals surface area contributed by atoms with Crippen LogP contribution in [0.4, 0.5) is 0 Å². The van der Waals surface area contributed by atoms with Crippen LogP contribution in [-0.4, -0.2) is 35.0 Å². The fourth-order valence-electron chi connectivity index (χ4n) is 1.64.